The van der Waals surface area contributed by atoms with Crippen LogP contribution in [0.25, 0.3) is 0 Å². The molecule has 3 rings (SSSR count). The average Bonchev–Trinajstić information content (AvgIpc) is 2.60. The van der Waals surface area contributed by atoms with Crippen molar-refractivity contribution in [2.45, 2.75) is 33.6 Å². The molecule has 7 heteroatoms. The zero-order valence-corrected chi connectivity index (χ0v) is 16.0. The van der Waals surface area contributed by atoms with E-state index in [4.69, 9.17) is 4.74 Å². The molecule has 1 heterocycles. The van der Waals surface area contributed by atoms with Crippen molar-refractivity contribution in [2.75, 3.05) is 11.9 Å². The highest BCUT2D eigenvalue weighted by atomic mass is 16.5. The lowest BCUT2D eigenvalue weighted by Crippen LogP contribution is -2.32. The number of hydrogen-bond donors (Lipinski definition) is 2. The summed E-state index contributed by atoms with van der Waals surface area (Å²) >= 11 is 0. The topological polar surface area (TPSA) is 105 Å². The SMILES string of the molecule is CCOC(=O)c1ccc(NC(=O)c2cc3c([nH]c2=O)CC(C)(C)CC3=O)cc1. The number of aromatic amines is 1. The second kappa shape index (κ2) is 7.42. The Balaban J connectivity index is 1.82. The maximum Gasteiger partial charge on any atom is 0.338 e. The fraction of sp³-hybridized carbons (Fsp3) is 0.333. The number of Topliss-reactive ketones (excluding diaryl/α,β-unsaturated/α-hetero) is 1. The van der Waals surface area contributed by atoms with Gasteiger partial charge in [0, 0.05) is 23.4 Å². The molecule has 1 aliphatic rings. The molecule has 0 saturated carbocycles. The number of carbonyl (C=O) groups is 3. The highest BCUT2D eigenvalue weighted by molar-refractivity contribution is 6.07. The first-order valence-corrected chi connectivity index (χ1v) is 9.08. The van der Waals surface area contributed by atoms with Gasteiger partial charge in [-0.1, -0.05) is 13.8 Å². The molecule has 0 fully saturated rings. The molecule has 146 valence electrons. The van der Waals surface area contributed by atoms with Crippen molar-refractivity contribution >= 4 is 23.3 Å². The Kier molecular flexibility index (Phi) is 5.18. The van der Waals surface area contributed by atoms with E-state index in [1.54, 1.807) is 19.1 Å². The summed E-state index contributed by atoms with van der Waals surface area (Å²) in [6, 6.07) is 7.51. The maximum atomic E-state index is 12.5. The van der Waals surface area contributed by atoms with Gasteiger partial charge in [0.05, 0.1) is 12.2 Å². The van der Waals surface area contributed by atoms with Gasteiger partial charge in [-0.25, -0.2) is 4.79 Å². The smallest absolute Gasteiger partial charge is 0.338 e. The first-order chi connectivity index (χ1) is 13.2. The molecule has 7 nitrogen and oxygen atoms in total. The Hall–Kier alpha value is -3.22. The number of esters is 1. The summed E-state index contributed by atoms with van der Waals surface area (Å²) in [4.78, 5) is 51.7. The van der Waals surface area contributed by atoms with Crippen LogP contribution in [0.5, 0.6) is 0 Å². The van der Waals surface area contributed by atoms with E-state index in [2.05, 4.69) is 10.3 Å². The molecule has 0 atom stereocenters. The fourth-order valence-corrected chi connectivity index (χ4v) is 3.30. The molecule has 0 radical (unpaired) electrons. The summed E-state index contributed by atoms with van der Waals surface area (Å²) < 4.78 is 4.91. The molecule has 2 aromatic rings. The van der Waals surface area contributed by atoms with Crippen LogP contribution in [0.3, 0.4) is 0 Å². The molecule has 1 aromatic heterocycles. The third kappa shape index (κ3) is 4.03. The van der Waals surface area contributed by atoms with Crippen LogP contribution in [0.15, 0.2) is 35.1 Å². The highest BCUT2D eigenvalue weighted by Crippen LogP contribution is 2.33. The van der Waals surface area contributed by atoms with Crippen LogP contribution >= 0.6 is 0 Å². The summed E-state index contributed by atoms with van der Waals surface area (Å²) in [5.74, 6) is -1.16. The van der Waals surface area contributed by atoms with Crippen LogP contribution in [-0.2, 0) is 11.2 Å². The second-order valence-corrected chi connectivity index (χ2v) is 7.60. The summed E-state index contributed by atoms with van der Waals surface area (Å²) in [5, 5.41) is 2.61. The molecule has 1 amide bonds. The van der Waals surface area contributed by atoms with Gasteiger partial charge in [0.25, 0.3) is 11.5 Å². The van der Waals surface area contributed by atoms with Gasteiger partial charge in [-0.15, -0.1) is 0 Å². The Morgan fingerprint density at radius 1 is 1.14 bits per heavy atom. The minimum Gasteiger partial charge on any atom is -0.462 e. The number of aromatic nitrogens is 1. The number of nitrogens with one attached hydrogen (secondary N) is 2. The van der Waals surface area contributed by atoms with Gasteiger partial charge >= 0.3 is 5.97 Å². The molecule has 1 aromatic carbocycles. The zero-order valence-electron chi connectivity index (χ0n) is 16.0. The van der Waals surface area contributed by atoms with Crippen molar-refractivity contribution in [1.29, 1.82) is 0 Å². The van der Waals surface area contributed by atoms with E-state index >= 15 is 0 Å². The number of benzene rings is 1. The number of ether oxygens (including phenoxy) is 1. The van der Waals surface area contributed by atoms with Crippen molar-refractivity contribution < 1.29 is 19.1 Å². The lowest BCUT2D eigenvalue weighted by Gasteiger charge is -2.29. The minimum absolute atomic E-state index is 0.0876. The van der Waals surface area contributed by atoms with Gasteiger partial charge in [0.15, 0.2) is 5.78 Å². The summed E-state index contributed by atoms with van der Waals surface area (Å²) in [6.07, 6.45) is 0.933. The molecular formula is C21H22N2O5. The highest BCUT2D eigenvalue weighted by Gasteiger charge is 2.32. The Bertz CT molecular complexity index is 1000. The van der Waals surface area contributed by atoms with E-state index in [-0.39, 0.29) is 23.4 Å². The number of hydrogen-bond acceptors (Lipinski definition) is 5. The molecule has 0 bridgehead atoms. The van der Waals surface area contributed by atoms with Crippen molar-refractivity contribution in [1.82, 2.24) is 4.98 Å². The fourth-order valence-electron chi connectivity index (χ4n) is 3.30. The minimum atomic E-state index is -0.620. The van der Waals surface area contributed by atoms with Crippen molar-refractivity contribution in [3.05, 3.63) is 63.1 Å². The largest absolute Gasteiger partial charge is 0.462 e. The number of fused-ring (bicyclic) bond motifs is 1. The quantitative estimate of drug-likeness (QED) is 0.791. The number of rotatable bonds is 4. The first kappa shape index (κ1) is 19.5. The zero-order chi connectivity index (χ0) is 20.5. The van der Waals surface area contributed by atoms with Crippen molar-refractivity contribution in [3.8, 4) is 0 Å². The number of anilines is 1. The van der Waals surface area contributed by atoms with E-state index in [1.165, 1.54) is 18.2 Å². The molecule has 0 aliphatic heterocycles. The molecule has 28 heavy (non-hydrogen) atoms. The molecule has 1 aliphatic carbocycles. The van der Waals surface area contributed by atoms with E-state index < -0.39 is 17.4 Å². The number of H-pyrrole nitrogens is 1. The molecule has 0 saturated heterocycles. The Labute approximate surface area is 162 Å². The number of carbonyl (C=O) groups excluding carboxylic acids is 3. The van der Waals surface area contributed by atoms with Gasteiger partial charge in [0.1, 0.15) is 5.56 Å². The molecule has 2 N–H and O–H groups in total. The molecule has 0 unspecified atom stereocenters. The predicted molar refractivity (Wildman–Crippen MR) is 104 cm³/mol. The van der Waals surface area contributed by atoms with Crippen LogP contribution in [-0.4, -0.2) is 29.3 Å². The number of pyridine rings is 1. The lowest BCUT2D eigenvalue weighted by molar-refractivity contribution is 0.0526. The summed E-state index contributed by atoms with van der Waals surface area (Å²) in [5.41, 5.74) is 0.856. The van der Waals surface area contributed by atoms with E-state index in [1.807, 2.05) is 13.8 Å². The van der Waals surface area contributed by atoms with Gasteiger partial charge in [0.2, 0.25) is 0 Å². The second-order valence-electron chi connectivity index (χ2n) is 7.60. The third-order valence-electron chi connectivity index (χ3n) is 4.62. The monoisotopic (exact) mass is 382 g/mol. The Morgan fingerprint density at radius 2 is 1.82 bits per heavy atom. The van der Waals surface area contributed by atoms with Crippen LogP contribution in [0.1, 0.15) is 64.0 Å². The van der Waals surface area contributed by atoms with Gasteiger partial charge in [-0.3, -0.25) is 14.4 Å². The normalized spacial score (nSPS) is 14.9. The van der Waals surface area contributed by atoms with Crippen LogP contribution in [0, 0.1) is 5.41 Å². The van der Waals surface area contributed by atoms with Crippen LogP contribution in [0.4, 0.5) is 5.69 Å². The van der Waals surface area contributed by atoms with Crippen molar-refractivity contribution in [2.24, 2.45) is 5.41 Å². The molecule has 0 spiro atoms. The van der Waals surface area contributed by atoms with Crippen molar-refractivity contribution in [3.63, 3.8) is 0 Å². The standard InChI is InChI=1S/C21H22N2O5/c1-4-28-20(27)12-5-7-13(8-6-12)22-18(25)15-9-14-16(23-19(15)26)10-21(2,3)11-17(14)24/h5-9H,4,10-11H2,1-3H3,(H,22,25)(H,23,26). The number of amides is 1. The summed E-state index contributed by atoms with van der Waals surface area (Å²) in [6.45, 7) is 5.92. The predicted octanol–water partition coefficient (Wildman–Crippen LogP) is 2.96. The van der Waals surface area contributed by atoms with E-state index in [0.717, 1.165) is 0 Å². The van der Waals surface area contributed by atoms with Crippen LogP contribution in [0.2, 0.25) is 0 Å². The van der Waals surface area contributed by atoms with Gasteiger partial charge in [-0.05, 0) is 49.1 Å². The maximum absolute atomic E-state index is 12.5. The number of ketones is 1. The van der Waals surface area contributed by atoms with E-state index in [9.17, 15) is 19.2 Å². The molecular weight excluding hydrogens is 360 g/mol. The van der Waals surface area contributed by atoms with Gasteiger partial charge in [-0.2, -0.15) is 0 Å². The third-order valence-corrected chi connectivity index (χ3v) is 4.62. The van der Waals surface area contributed by atoms with Gasteiger partial charge < -0.3 is 15.0 Å². The summed E-state index contributed by atoms with van der Waals surface area (Å²) in [7, 11) is 0. The first-order valence-electron chi connectivity index (χ1n) is 9.08. The van der Waals surface area contributed by atoms with Crippen LogP contribution < -0.4 is 10.9 Å². The average molecular weight is 382 g/mol. The lowest BCUT2D eigenvalue weighted by atomic mass is 9.75. The Morgan fingerprint density at radius 3 is 2.46 bits per heavy atom. The van der Waals surface area contributed by atoms with E-state index in [0.29, 0.717) is 35.3 Å².